The molecule has 0 bridgehead atoms. The van der Waals surface area contributed by atoms with E-state index in [9.17, 15) is 22.8 Å². The predicted molar refractivity (Wildman–Crippen MR) is 211 cm³/mol. The van der Waals surface area contributed by atoms with Gasteiger partial charge in [0.1, 0.15) is 22.6 Å². The van der Waals surface area contributed by atoms with E-state index in [2.05, 4.69) is 32.3 Å². The fourth-order valence-electron chi connectivity index (χ4n) is 5.65. The number of likely N-dealkylation sites (N-methyl/N-ethyl adjacent to an activating group) is 1. The van der Waals surface area contributed by atoms with E-state index in [1.807, 2.05) is 0 Å². The molecular weight excluding hydrogens is 748 g/mol. The van der Waals surface area contributed by atoms with E-state index in [0.29, 0.717) is 21.6 Å². The molecule has 0 aliphatic carbocycles. The number of halogens is 1. The first-order chi connectivity index (χ1) is 25.7. The summed E-state index contributed by atoms with van der Waals surface area (Å²) in [7, 11) is -2.17. The number of pyridine rings is 2. The first-order valence-corrected chi connectivity index (χ1v) is 19.1. The molecule has 56 heavy (non-hydrogen) atoms. The molecule has 0 saturated heterocycles. The molecule has 0 fully saturated rings. The van der Waals surface area contributed by atoms with Crippen molar-refractivity contribution in [1.29, 1.82) is 0 Å². The summed E-state index contributed by atoms with van der Waals surface area (Å²) in [5.74, 6) is -0.740. The van der Waals surface area contributed by atoms with Crippen molar-refractivity contribution < 1.29 is 41.4 Å². The first kappa shape index (κ1) is 41.5. The van der Waals surface area contributed by atoms with Gasteiger partial charge in [-0.15, -0.1) is 0 Å². The van der Waals surface area contributed by atoms with Crippen LogP contribution in [0, 0.1) is 12.7 Å². The molecule has 18 heteroatoms. The van der Waals surface area contributed by atoms with Crippen molar-refractivity contribution in [3.63, 3.8) is 0 Å². The van der Waals surface area contributed by atoms with Gasteiger partial charge in [-0.2, -0.15) is 14.3 Å². The smallest absolute Gasteiger partial charge is 0.424 e. The van der Waals surface area contributed by atoms with Crippen LogP contribution in [0.1, 0.15) is 73.6 Å². The number of benzene rings is 1. The zero-order chi connectivity index (χ0) is 41.7. The number of sulfonamides is 1. The number of amides is 3. The predicted octanol–water partition coefficient (Wildman–Crippen LogP) is 7.95. The van der Waals surface area contributed by atoms with Crippen molar-refractivity contribution in [2.45, 2.75) is 91.9 Å². The SMILES string of the molecule is C=C1CN(C)S(=O)(=O)Cn2nc(Nc3cc4cc(-c5cncc(N(C(=O)OC(C)(C)C)C(=O)OC(C)(C)C)c5C)c(F)c(NC(=O)OC(C)(C)C)c4cn3)cc21. The van der Waals surface area contributed by atoms with Crippen LogP contribution in [0.5, 0.6) is 0 Å². The average Bonchev–Trinajstić information content (AvgIpc) is 3.38. The van der Waals surface area contributed by atoms with Gasteiger partial charge in [0.25, 0.3) is 0 Å². The number of carbonyl (C=O) groups is 3. The van der Waals surface area contributed by atoms with Crippen LogP contribution < -0.4 is 15.5 Å². The lowest BCUT2D eigenvalue weighted by atomic mass is 9.97. The monoisotopic (exact) mass is 794 g/mol. The van der Waals surface area contributed by atoms with Gasteiger partial charge in [-0.3, -0.25) is 10.3 Å². The van der Waals surface area contributed by atoms with Crippen molar-refractivity contribution in [3.05, 3.63) is 60.4 Å². The molecule has 16 nitrogen and oxygen atoms in total. The molecule has 0 atom stereocenters. The molecule has 300 valence electrons. The third-order valence-corrected chi connectivity index (χ3v) is 9.68. The van der Waals surface area contributed by atoms with Crippen LogP contribution >= 0.6 is 0 Å². The largest absolute Gasteiger partial charge is 0.444 e. The van der Waals surface area contributed by atoms with Crippen LogP contribution in [0.2, 0.25) is 0 Å². The van der Waals surface area contributed by atoms with E-state index in [-0.39, 0.29) is 51.6 Å². The van der Waals surface area contributed by atoms with Crippen LogP contribution in [0.4, 0.5) is 41.8 Å². The standard InChI is InChI=1S/C38H47FN8O8S/c1-21-19-45(12)56(51,52)20-46-27(21)15-30(44-46)42-29-14-23-13-24(31(39)32(26(23)17-41-29)43-33(48)53-36(3,4)5)25-16-40-18-28(22(25)2)47(34(49)54-37(6,7)8)35(50)55-38(9,10)11/h13-18H,1,19-20H2,2-12H3,(H,43,48)(H,41,42,44). The van der Waals surface area contributed by atoms with Gasteiger partial charge in [-0.25, -0.2) is 36.9 Å². The van der Waals surface area contributed by atoms with Gasteiger partial charge in [0.2, 0.25) is 10.0 Å². The Morgan fingerprint density at radius 1 is 0.875 bits per heavy atom. The molecule has 0 radical (unpaired) electrons. The van der Waals surface area contributed by atoms with Gasteiger partial charge >= 0.3 is 18.3 Å². The van der Waals surface area contributed by atoms with Gasteiger partial charge in [-0.05, 0) is 97.9 Å². The van der Waals surface area contributed by atoms with Crippen molar-refractivity contribution in [1.82, 2.24) is 24.1 Å². The van der Waals surface area contributed by atoms with E-state index >= 15 is 4.39 Å². The van der Waals surface area contributed by atoms with E-state index < -0.39 is 56.8 Å². The number of hydrogen-bond acceptors (Lipinski definition) is 12. The minimum atomic E-state index is -3.64. The Balaban J connectivity index is 1.65. The molecule has 4 aromatic rings. The number of ether oxygens (including phenoxy) is 3. The number of nitrogens with one attached hydrogen (secondary N) is 2. The Kier molecular flexibility index (Phi) is 11.0. The molecule has 5 rings (SSSR count). The fraction of sp³-hybridized carbons (Fsp3) is 0.421. The number of hydrogen-bond donors (Lipinski definition) is 2. The van der Waals surface area contributed by atoms with Crippen LogP contribution in [-0.2, 0) is 30.1 Å². The van der Waals surface area contributed by atoms with Crippen molar-refractivity contribution in [2.75, 3.05) is 29.1 Å². The average molecular weight is 795 g/mol. The number of aromatic nitrogens is 4. The Labute approximate surface area is 325 Å². The number of rotatable bonds is 5. The zero-order valence-electron chi connectivity index (χ0n) is 33.3. The summed E-state index contributed by atoms with van der Waals surface area (Å²) in [6.07, 6.45) is 0.979. The minimum absolute atomic E-state index is 0.0291. The molecule has 2 N–H and O–H groups in total. The summed E-state index contributed by atoms with van der Waals surface area (Å²) in [6, 6.07) is 4.74. The number of nitrogens with zero attached hydrogens (tertiary/aromatic N) is 6. The second kappa shape index (κ2) is 14.8. The molecule has 1 aliphatic heterocycles. The molecule has 0 spiro atoms. The van der Waals surface area contributed by atoms with E-state index in [1.165, 1.54) is 40.7 Å². The highest BCUT2D eigenvalue weighted by Crippen LogP contribution is 2.40. The third-order valence-electron chi connectivity index (χ3n) is 8.03. The Morgan fingerprint density at radius 2 is 1.48 bits per heavy atom. The molecule has 3 amide bonds. The van der Waals surface area contributed by atoms with Crippen molar-refractivity contribution in [2.24, 2.45) is 0 Å². The summed E-state index contributed by atoms with van der Waals surface area (Å²) in [5.41, 5.74) is -1.74. The first-order valence-electron chi connectivity index (χ1n) is 17.5. The highest BCUT2D eigenvalue weighted by atomic mass is 32.2. The lowest BCUT2D eigenvalue weighted by Gasteiger charge is -2.29. The highest BCUT2D eigenvalue weighted by Gasteiger charge is 2.35. The maximum atomic E-state index is 16.9. The van der Waals surface area contributed by atoms with Crippen LogP contribution in [0.25, 0.3) is 27.5 Å². The van der Waals surface area contributed by atoms with Gasteiger partial charge in [-0.1, -0.05) is 6.58 Å². The molecule has 1 aromatic carbocycles. The molecule has 3 aromatic heterocycles. The Hall–Kier alpha value is -5.62. The summed E-state index contributed by atoms with van der Waals surface area (Å²) in [5, 5.41) is 10.6. The summed E-state index contributed by atoms with van der Waals surface area (Å²) >= 11 is 0. The number of fused-ring (bicyclic) bond motifs is 2. The minimum Gasteiger partial charge on any atom is -0.444 e. The molecular formula is C38H47FN8O8S. The van der Waals surface area contributed by atoms with Crippen molar-refractivity contribution in [3.8, 4) is 11.1 Å². The van der Waals surface area contributed by atoms with Gasteiger partial charge < -0.3 is 19.5 Å². The van der Waals surface area contributed by atoms with Gasteiger partial charge in [0.15, 0.2) is 17.5 Å². The Bertz CT molecular complexity index is 2330. The second-order valence-corrected chi connectivity index (χ2v) is 18.3. The molecule has 4 heterocycles. The topological polar surface area (TPSA) is 187 Å². The highest BCUT2D eigenvalue weighted by molar-refractivity contribution is 7.88. The summed E-state index contributed by atoms with van der Waals surface area (Å²) < 4.78 is 61.4. The van der Waals surface area contributed by atoms with Crippen LogP contribution in [-0.4, -0.2) is 81.1 Å². The van der Waals surface area contributed by atoms with Crippen LogP contribution in [0.15, 0.2) is 43.4 Å². The maximum Gasteiger partial charge on any atom is 0.424 e. The van der Waals surface area contributed by atoms with E-state index in [0.717, 1.165) is 0 Å². The summed E-state index contributed by atoms with van der Waals surface area (Å²) in [6.45, 7) is 20.5. The zero-order valence-corrected chi connectivity index (χ0v) is 34.1. The molecule has 1 aliphatic rings. The van der Waals surface area contributed by atoms with Crippen molar-refractivity contribution >= 4 is 67.7 Å². The quantitative estimate of drug-likeness (QED) is 0.186. The number of imide groups is 1. The normalized spacial score (nSPS) is 14.8. The second-order valence-electron chi connectivity index (χ2n) is 16.3. The lowest BCUT2D eigenvalue weighted by molar-refractivity contribution is 0.0429. The third kappa shape index (κ3) is 9.42. The van der Waals surface area contributed by atoms with Gasteiger partial charge in [0, 0.05) is 48.6 Å². The van der Waals surface area contributed by atoms with Gasteiger partial charge in [0.05, 0.1) is 23.3 Å². The number of carbonyl (C=O) groups excluding carboxylic acids is 3. The number of anilines is 4. The Morgan fingerprint density at radius 3 is 2.07 bits per heavy atom. The molecule has 0 unspecified atom stereocenters. The van der Waals surface area contributed by atoms with E-state index in [1.54, 1.807) is 81.4 Å². The molecule has 0 saturated carbocycles. The lowest BCUT2D eigenvalue weighted by Crippen LogP contribution is -2.44. The van der Waals surface area contributed by atoms with E-state index in [4.69, 9.17) is 14.2 Å². The summed E-state index contributed by atoms with van der Waals surface area (Å²) in [4.78, 5) is 49.5. The maximum absolute atomic E-state index is 16.9. The fourth-order valence-corrected chi connectivity index (χ4v) is 6.71. The van der Waals surface area contributed by atoms with Crippen LogP contribution in [0.3, 0.4) is 0 Å².